The fraction of sp³-hybridized carbons (Fsp3) is 0.294. The number of carbonyl (C=O) groups is 1. The molecule has 1 aromatic carbocycles. The predicted molar refractivity (Wildman–Crippen MR) is 86.4 cm³/mol. The molecule has 4 nitrogen and oxygen atoms in total. The summed E-state index contributed by atoms with van der Waals surface area (Å²) in [6.45, 7) is 4.14. The second-order valence-corrected chi connectivity index (χ2v) is 5.26. The molecule has 0 radical (unpaired) electrons. The van der Waals surface area contributed by atoms with Gasteiger partial charge in [0, 0.05) is 12.5 Å². The molecule has 1 aromatic heterocycles. The first-order valence-corrected chi connectivity index (χ1v) is 7.20. The van der Waals surface area contributed by atoms with Crippen molar-refractivity contribution < 1.29 is 4.79 Å². The molecule has 2 N–H and O–H groups in total. The van der Waals surface area contributed by atoms with E-state index in [1.807, 2.05) is 42.5 Å². The van der Waals surface area contributed by atoms with Gasteiger partial charge in [0.05, 0.1) is 11.9 Å². The molecule has 0 saturated carbocycles. The number of rotatable bonds is 6. The quantitative estimate of drug-likeness (QED) is 0.853. The standard InChI is InChI=1S/C17H21N3O/c1-13(2)19-15-9-10-16(18-12-15)20-17(21)11-8-14-6-4-3-5-7-14/h3-7,9-10,12-13,19H,8,11H2,1-2H3,(H,18,20,21). The lowest BCUT2D eigenvalue weighted by molar-refractivity contribution is -0.116. The van der Waals surface area contributed by atoms with Crippen molar-refractivity contribution in [3.63, 3.8) is 0 Å². The molecule has 1 amide bonds. The van der Waals surface area contributed by atoms with Crippen molar-refractivity contribution in [3.05, 3.63) is 54.2 Å². The molecule has 0 aliphatic rings. The molecule has 21 heavy (non-hydrogen) atoms. The highest BCUT2D eigenvalue weighted by molar-refractivity contribution is 5.89. The Morgan fingerprint density at radius 3 is 2.52 bits per heavy atom. The van der Waals surface area contributed by atoms with Crippen LogP contribution in [-0.4, -0.2) is 16.9 Å². The van der Waals surface area contributed by atoms with Crippen molar-refractivity contribution in [3.8, 4) is 0 Å². The molecular weight excluding hydrogens is 262 g/mol. The number of benzene rings is 1. The Labute approximate surface area is 125 Å². The minimum atomic E-state index is -0.0177. The van der Waals surface area contributed by atoms with Crippen molar-refractivity contribution in [2.24, 2.45) is 0 Å². The number of anilines is 2. The molecule has 110 valence electrons. The highest BCUT2D eigenvalue weighted by Crippen LogP contribution is 2.11. The van der Waals surface area contributed by atoms with Gasteiger partial charge in [0.2, 0.25) is 5.91 Å². The first-order chi connectivity index (χ1) is 10.1. The van der Waals surface area contributed by atoms with E-state index in [0.29, 0.717) is 18.3 Å². The van der Waals surface area contributed by atoms with Gasteiger partial charge in [-0.15, -0.1) is 0 Å². The Hall–Kier alpha value is -2.36. The van der Waals surface area contributed by atoms with E-state index < -0.39 is 0 Å². The first-order valence-electron chi connectivity index (χ1n) is 7.20. The van der Waals surface area contributed by atoms with E-state index in [1.54, 1.807) is 6.20 Å². The topological polar surface area (TPSA) is 54.0 Å². The van der Waals surface area contributed by atoms with E-state index in [1.165, 1.54) is 0 Å². The van der Waals surface area contributed by atoms with Crippen LogP contribution in [0.1, 0.15) is 25.8 Å². The molecular formula is C17H21N3O. The van der Waals surface area contributed by atoms with Crippen LogP contribution in [0.5, 0.6) is 0 Å². The zero-order chi connectivity index (χ0) is 15.1. The lowest BCUT2D eigenvalue weighted by atomic mass is 10.1. The maximum Gasteiger partial charge on any atom is 0.225 e. The number of pyridine rings is 1. The summed E-state index contributed by atoms with van der Waals surface area (Å²) in [7, 11) is 0. The van der Waals surface area contributed by atoms with Crippen LogP contribution >= 0.6 is 0 Å². The van der Waals surface area contributed by atoms with E-state index in [4.69, 9.17) is 0 Å². The molecule has 0 spiro atoms. The molecule has 0 saturated heterocycles. The molecule has 0 aliphatic heterocycles. The number of aryl methyl sites for hydroxylation is 1. The van der Waals surface area contributed by atoms with Gasteiger partial charge in [0.1, 0.15) is 5.82 Å². The number of hydrogen-bond acceptors (Lipinski definition) is 3. The Morgan fingerprint density at radius 2 is 1.90 bits per heavy atom. The van der Waals surface area contributed by atoms with E-state index in [0.717, 1.165) is 17.7 Å². The number of amides is 1. The summed E-state index contributed by atoms with van der Waals surface area (Å²) in [5.74, 6) is 0.568. The fourth-order valence-corrected chi connectivity index (χ4v) is 1.99. The zero-order valence-corrected chi connectivity index (χ0v) is 12.5. The second-order valence-electron chi connectivity index (χ2n) is 5.26. The van der Waals surface area contributed by atoms with Crippen molar-refractivity contribution in [1.82, 2.24) is 4.98 Å². The maximum absolute atomic E-state index is 11.9. The summed E-state index contributed by atoms with van der Waals surface area (Å²) in [4.78, 5) is 16.1. The van der Waals surface area contributed by atoms with Gasteiger partial charge in [0.15, 0.2) is 0 Å². The van der Waals surface area contributed by atoms with E-state index >= 15 is 0 Å². The lowest BCUT2D eigenvalue weighted by Crippen LogP contribution is -2.14. The molecule has 0 atom stereocenters. The molecule has 2 rings (SSSR count). The molecule has 0 aliphatic carbocycles. The minimum Gasteiger partial charge on any atom is -0.382 e. The van der Waals surface area contributed by atoms with Crippen LogP contribution in [0.15, 0.2) is 48.7 Å². The van der Waals surface area contributed by atoms with Gasteiger partial charge in [-0.2, -0.15) is 0 Å². The van der Waals surface area contributed by atoms with Crippen LogP contribution in [0.4, 0.5) is 11.5 Å². The van der Waals surface area contributed by atoms with Crippen molar-refractivity contribution in [1.29, 1.82) is 0 Å². The highest BCUT2D eigenvalue weighted by atomic mass is 16.1. The smallest absolute Gasteiger partial charge is 0.225 e. The van der Waals surface area contributed by atoms with Gasteiger partial charge in [0.25, 0.3) is 0 Å². The van der Waals surface area contributed by atoms with Gasteiger partial charge in [-0.05, 0) is 38.0 Å². The normalized spacial score (nSPS) is 10.4. The molecule has 0 fully saturated rings. The van der Waals surface area contributed by atoms with Crippen LogP contribution < -0.4 is 10.6 Å². The predicted octanol–water partition coefficient (Wildman–Crippen LogP) is 3.47. The van der Waals surface area contributed by atoms with Crippen molar-refractivity contribution in [2.45, 2.75) is 32.7 Å². The number of nitrogens with zero attached hydrogens (tertiary/aromatic N) is 1. The summed E-state index contributed by atoms with van der Waals surface area (Å²) >= 11 is 0. The SMILES string of the molecule is CC(C)Nc1ccc(NC(=O)CCc2ccccc2)nc1. The summed E-state index contributed by atoms with van der Waals surface area (Å²) in [6, 6.07) is 14.1. The Balaban J connectivity index is 1.82. The minimum absolute atomic E-state index is 0.0177. The Morgan fingerprint density at radius 1 is 1.14 bits per heavy atom. The first kappa shape index (κ1) is 15.0. The Kier molecular flexibility index (Phi) is 5.32. The number of carbonyl (C=O) groups excluding carboxylic acids is 1. The summed E-state index contributed by atoms with van der Waals surface area (Å²) < 4.78 is 0. The van der Waals surface area contributed by atoms with Crippen LogP contribution in [0.2, 0.25) is 0 Å². The van der Waals surface area contributed by atoms with Gasteiger partial charge in [-0.3, -0.25) is 4.79 Å². The average Bonchev–Trinajstić information content (AvgIpc) is 2.48. The summed E-state index contributed by atoms with van der Waals surface area (Å²) in [6.07, 6.45) is 2.92. The van der Waals surface area contributed by atoms with E-state index in [-0.39, 0.29) is 5.91 Å². The molecule has 1 heterocycles. The maximum atomic E-state index is 11.9. The molecule has 2 aromatic rings. The third kappa shape index (κ3) is 5.26. The largest absolute Gasteiger partial charge is 0.382 e. The van der Waals surface area contributed by atoms with Gasteiger partial charge >= 0.3 is 0 Å². The molecule has 4 heteroatoms. The monoisotopic (exact) mass is 283 g/mol. The fourth-order valence-electron chi connectivity index (χ4n) is 1.99. The Bertz CT molecular complexity index is 564. The van der Waals surface area contributed by atoms with Crippen LogP contribution in [0.25, 0.3) is 0 Å². The lowest BCUT2D eigenvalue weighted by Gasteiger charge is -2.10. The van der Waals surface area contributed by atoms with Gasteiger partial charge in [-0.25, -0.2) is 4.98 Å². The van der Waals surface area contributed by atoms with Crippen molar-refractivity contribution >= 4 is 17.4 Å². The van der Waals surface area contributed by atoms with E-state index in [2.05, 4.69) is 29.5 Å². The highest BCUT2D eigenvalue weighted by Gasteiger charge is 2.04. The molecule has 0 unspecified atom stereocenters. The third-order valence-electron chi connectivity index (χ3n) is 2.97. The van der Waals surface area contributed by atoms with Gasteiger partial charge in [-0.1, -0.05) is 30.3 Å². The second kappa shape index (κ2) is 7.43. The van der Waals surface area contributed by atoms with Crippen LogP contribution in [0, 0.1) is 0 Å². The third-order valence-corrected chi connectivity index (χ3v) is 2.97. The number of hydrogen-bond donors (Lipinski definition) is 2. The number of aromatic nitrogens is 1. The van der Waals surface area contributed by atoms with Crippen LogP contribution in [-0.2, 0) is 11.2 Å². The summed E-state index contributed by atoms with van der Waals surface area (Å²) in [5, 5.41) is 6.07. The zero-order valence-electron chi connectivity index (χ0n) is 12.5. The number of nitrogens with one attached hydrogen (secondary N) is 2. The van der Waals surface area contributed by atoms with Crippen LogP contribution in [0.3, 0.4) is 0 Å². The average molecular weight is 283 g/mol. The van der Waals surface area contributed by atoms with E-state index in [9.17, 15) is 4.79 Å². The van der Waals surface area contributed by atoms with Crippen molar-refractivity contribution in [2.75, 3.05) is 10.6 Å². The van der Waals surface area contributed by atoms with Gasteiger partial charge < -0.3 is 10.6 Å². The summed E-state index contributed by atoms with van der Waals surface area (Å²) in [5.41, 5.74) is 2.12. The molecule has 0 bridgehead atoms.